The smallest absolute Gasteiger partial charge is 0.176 e. The number of ether oxygens (including phenoxy) is 1. The second-order valence-electron chi connectivity index (χ2n) is 8.06. The number of hydrogen-bond acceptors (Lipinski definition) is 2. The minimum Gasteiger partial charge on any atom is -0.493 e. The van der Waals surface area contributed by atoms with E-state index >= 15 is 0 Å². The Labute approximate surface area is 187 Å². The number of fused-ring (bicyclic) bond motifs is 2. The molecule has 0 unspecified atom stereocenters. The molecule has 5 rings (SSSR count). The zero-order valence-corrected chi connectivity index (χ0v) is 18.1. The molecule has 3 nitrogen and oxygen atoms in total. The third-order valence-electron chi connectivity index (χ3n) is 5.96. The molecule has 0 atom stereocenters. The van der Waals surface area contributed by atoms with Crippen LogP contribution in [0.15, 0.2) is 91.0 Å². The monoisotopic (exact) mass is 419 g/mol. The lowest BCUT2D eigenvalue weighted by molar-refractivity contribution is 0.101. The van der Waals surface area contributed by atoms with Gasteiger partial charge in [0.2, 0.25) is 0 Å². The molecule has 0 fully saturated rings. The Morgan fingerprint density at radius 3 is 2.38 bits per heavy atom. The number of ketones is 1. The SMILES string of the molecule is CC(=O)c1[nH]c2c(-c3ccccc3)cccc2c1CCCOc1cccc2ccccc12. The Bertz CT molecular complexity index is 1390. The summed E-state index contributed by atoms with van der Waals surface area (Å²) in [6.45, 7) is 2.22. The Balaban J connectivity index is 1.40. The van der Waals surface area contributed by atoms with Crippen molar-refractivity contribution in [2.24, 2.45) is 0 Å². The van der Waals surface area contributed by atoms with Crippen LogP contribution in [0.3, 0.4) is 0 Å². The first-order valence-electron chi connectivity index (χ1n) is 11.0. The van der Waals surface area contributed by atoms with Gasteiger partial charge >= 0.3 is 0 Å². The van der Waals surface area contributed by atoms with Gasteiger partial charge in [-0.25, -0.2) is 0 Å². The molecule has 0 bridgehead atoms. The number of aromatic nitrogens is 1. The van der Waals surface area contributed by atoms with E-state index in [1.807, 2.05) is 42.5 Å². The number of benzene rings is 4. The quantitative estimate of drug-likeness (QED) is 0.224. The number of hydrogen-bond donors (Lipinski definition) is 1. The minimum atomic E-state index is 0.0604. The van der Waals surface area contributed by atoms with Crippen molar-refractivity contribution in [1.82, 2.24) is 4.98 Å². The van der Waals surface area contributed by atoms with Gasteiger partial charge in [-0.15, -0.1) is 0 Å². The maximum absolute atomic E-state index is 12.4. The largest absolute Gasteiger partial charge is 0.493 e. The highest BCUT2D eigenvalue weighted by molar-refractivity contribution is 6.05. The van der Waals surface area contributed by atoms with Gasteiger partial charge in [0, 0.05) is 23.3 Å². The normalized spacial score (nSPS) is 11.2. The molecule has 1 aromatic heterocycles. The summed E-state index contributed by atoms with van der Waals surface area (Å²) in [5.41, 5.74) is 5.05. The molecule has 1 heterocycles. The lowest BCUT2D eigenvalue weighted by atomic mass is 9.99. The lowest BCUT2D eigenvalue weighted by Gasteiger charge is -2.10. The van der Waals surface area contributed by atoms with Crippen molar-refractivity contribution in [2.45, 2.75) is 19.8 Å². The van der Waals surface area contributed by atoms with Crippen molar-refractivity contribution < 1.29 is 9.53 Å². The Kier molecular flexibility index (Phi) is 5.47. The summed E-state index contributed by atoms with van der Waals surface area (Å²) < 4.78 is 6.13. The fraction of sp³-hybridized carbons (Fsp3) is 0.138. The summed E-state index contributed by atoms with van der Waals surface area (Å²) in [6.07, 6.45) is 1.60. The minimum absolute atomic E-state index is 0.0604. The van der Waals surface area contributed by atoms with Gasteiger partial charge in [0.15, 0.2) is 5.78 Å². The average Bonchev–Trinajstić information content (AvgIpc) is 3.21. The van der Waals surface area contributed by atoms with Gasteiger partial charge < -0.3 is 9.72 Å². The van der Waals surface area contributed by atoms with E-state index in [9.17, 15) is 4.79 Å². The number of carbonyl (C=O) groups excluding carboxylic acids is 1. The van der Waals surface area contributed by atoms with Crippen LogP contribution in [0.25, 0.3) is 32.8 Å². The number of nitrogens with one attached hydrogen (secondary N) is 1. The molecule has 0 aliphatic rings. The highest BCUT2D eigenvalue weighted by atomic mass is 16.5. The number of aryl methyl sites for hydroxylation is 1. The molecule has 0 saturated heterocycles. The number of rotatable bonds is 7. The molecule has 0 aliphatic heterocycles. The molecule has 158 valence electrons. The molecule has 0 aliphatic carbocycles. The second-order valence-corrected chi connectivity index (χ2v) is 8.06. The van der Waals surface area contributed by atoms with E-state index in [2.05, 4.69) is 53.5 Å². The van der Waals surface area contributed by atoms with Crippen LogP contribution in [-0.2, 0) is 6.42 Å². The van der Waals surface area contributed by atoms with Gasteiger partial charge in [-0.1, -0.05) is 84.9 Å². The molecule has 0 radical (unpaired) electrons. The first kappa shape index (κ1) is 20.1. The fourth-order valence-corrected chi connectivity index (χ4v) is 4.44. The summed E-state index contributed by atoms with van der Waals surface area (Å²) in [6, 6.07) is 30.9. The molecule has 4 aromatic carbocycles. The van der Waals surface area contributed by atoms with Crippen LogP contribution in [0.2, 0.25) is 0 Å². The van der Waals surface area contributed by atoms with Crippen molar-refractivity contribution in [3.8, 4) is 16.9 Å². The predicted octanol–water partition coefficient (Wildman–Crippen LogP) is 7.20. The third kappa shape index (κ3) is 3.78. The van der Waals surface area contributed by atoms with Gasteiger partial charge in [0.05, 0.1) is 17.8 Å². The molecule has 5 aromatic rings. The fourth-order valence-electron chi connectivity index (χ4n) is 4.44. The van der Waals surface area contributed by atoms with Crippen LogP contribution in [-0.4, -0.2) is 17.4 Å². The maximum Gasteiger partial charge on any atom is 0.176 e. The zero-order valence-electron chi connectivity index (χ0n) is 18.1. The number of H-pyrrole nitrogens is 1. The van der Waals surface area contributed by atoms with E-state index in [0.717, 1.165) is 51.6 Å². The molecular formula is C29H25NO2. The molecule has 1 N–H and O–H groups in total. The third-order valence-corrected chi connectivity index (χ3v) is 5.96. The molecule has 3 heteroatoms. The lowest BCUT2D eigenvalue weighted by Crippen LogP contribution is -2.03. The predicted molar refractivity (Wildman–Crippen MR) is 132 cm³/mol. The van der Waals surface area contributed by atoms with Crippen LogP contribution >= 0.6 is 0 Å². The summed E-state index contributed by atoms with van der Waals surface area (Å²) in [7, 11) is 0. The molecule has 32 heavy (non-hydrogen) atoms. The van der Waals surface area contributed by atoms with Crippen LogP contribution in [0, 0.1) is 0 Å². The molecule has 0 amide bonds. The summed E-state index contributed by atoms with van der Waals surface area (Å²) in [4.78, 5) is 15.8. The summed E-state index contributed by atoms with van der Waals surface area (Å²) >= 11 is 0. The van der Waals surface area contributed by atoms with Crippen LogP contribution in [0.1, 0.15) is 29.4 Å². The van der Waals surface area contributed by atoms with E-state index in [-0.39, 0.29) is 5.78 Å². The van der Waals surface area contributed by atoms with Gasteiger partial charge in [0.25, 0.3) is 0 Å². The Morgan fingerprint density at radius 2 is 1.53 bits per heavy atom. The average molecular weight is 420 g/mol. The maximum atomic E-state index is 12.4. The van der Waals surface area contributed by atoms with Crippen LogP contribution < -0.4 is 4.74 Å². The van der Waals surface area contributed by atoms with E-state index in [1.54, 1.807) is 6.92 Å². The van der Waals surface area contributed by atoms with Gasteiger partial charge in [-0.05, 0) is 35.4 Å². The van der Waals surface area contributed by atoms with E-state index in [0.29, 0.717) is 12.3 Å². The standard InChI is InChI=1S/C29H25NO2/c1-20(31)28-25(17-9-19-32-27-18-7-13-21-12-5-6-14-23(21)27)26-16-8-15-24(29(26)30-28)22-10-3-2-4-11-22/h2-8,10-16,18,30H,9,17,19H2,1H3. The Morgan fingerprint density at radius 1 is 0.812 bits per heavy atom. The number of para-hydroxylation sites is 1. The first-order chi connectivity index (χ1) is 15.7. The molecule has 0 spiro atoms. The number of aromatic amines is 1. The van der Waals surface area contributed by atoms with E-state index < -0.39 is 0 Å². The van der Waals surface area contributed by atoms with Crippen molar-refractivity contribution >= 4 is 27.5 Å². The molecule has 0 saturated carbocycles. The van der Waals surface area contributed by atoms with Crippen molar-refractivity contribution in [1.29, 1.82) is 0 Å². The van der Waals surface area contributed by atoms with E-state index in [1.165, 1.54) is 5.39 Å². The summed E-state index contributed by atoms with van der Waals surface area (Å²) in [5, 5.41) is 3.41. The van der Waals surface area contributed by atoms with Gasteiger partial charge in [-0.2, -0.15) is 0 Å². The highest BCUT2D eigenvalue weighted by Gasteiger charge is 2.17. The van der Waals surface area contributed by atoms with Crippen LogP contribution in [0.4, 0.5) is 0 Å². The van der Waals surface area contributed by atoms with Gasteiger partial charge in [0.1, 0.15) is 5.75 Å². The summed E-state index contributed by atoms with van der Waals surface area (Å²) in [5.74, 6) is 0.963. The van der Waals surface area contributed by atoms with Crippen molar-refractivity contribution in [3.63, 3.8) is 0 Å². The first-order valence-corrected chi connectivity index (χ1v) is 11.0. The van der Waals surface area contributed by atoms with Crippen molar-refractivity contribution in [3.05, 3.63) is 102 Å². The van der Waals surface area contributed by atoms with Crippen molar-refractivity contribution in [2.75, 3.05) is 6.61 Å². The Hall–Kier alpha value is -3.85. The highest BCUT2D eigenvalue weighted by Crippen LogP contribution is 2.33. The van der Waals surface area contributed by atoms with Gasteiger partial charge in [-0.3, -0.25) is 4.79 Å². The van der Waals surface area contributed by atoms with E-state index in [4.69, 9.17) is 4.74 Å². The van der Waals surface area contributed by atoms with Crippen LogP contribution in [0.5, 0.6) is 5.75 Å². The topological polar surface area (TPSA) is 42.1 Å². The zero-order chi connectivity index (χ0) is 21.9. The number of carbonyl (C=O) groups is 1. The second kappa shape index (κ2) is 8.72. The number of Topliss-reactive ketones (excluding diaryl/α,β-unsaturated/α-hetero) is 1. The molecular weight excluding hydrogens is 394 g/mol.